The van der Waals surface area contributed by atoms with Crippen LogP contribution >= 0.6 is 11.6 Å². The lowest BCUT2D eigenvalue weighted by molar-refractivity contribution is -0.140. The number of hydrogen-bond acceptors (Lipinski definition) is 5. The molecule has 0 aromatic heterocycles. The Morgan fingerprint density at radius 3 is 2.59 bits per heavy atom. The van der Waals surface area contributed by atoms with Crippen LogP contribution in [0.25, 0.3) is 0 Å². The van der Waals surface area contributed by atoms with E-state index < -0.39 is 23.4 Å². The van der Waals surface area contributed by atoms with Crippen LogP contribution < -0.4 is 10.7 Å². The second-order valence-electron chi connectivity index (χ2n) is 7.88. The fraction of sp³-hybridized carbons (Fsp3) is 0.348. The van der Waals surface area contributed by atoms with Crippen LogP contribution in [-0.2, 0) is 19.9 Å². The molecular weight excluding hydrogens is 432 g/mol. The van der Waals surface area contributed by atoms with Crippen molar-refractivity contribution in [1.82, 2.24) is 20.7 Å². The lowest BCUT2D eigenvalue weighted by atomic mass is 9.87. The van der Waals surface area contributed by atoms with Gasteiger partial charge in [0.2, 0.25) is 0 Å². The van der Waals surface area contributed by atoms with E-state index in [0.29, 0.717) is 36.7 Å². The smallest absolute Gasteiger partial charge is 0.344 e. The molecule has 32 heavy (non-hydrogen) atoms. The molecule has 168 valence electrons. The van der Waals surface area contributed by atoms with Gasteiger partial charge in [0, 0.05) is 18.1 Å². The first kappa shape index (κ1) is 22.3. The summed E-state index contributed by atoms with van der Waals surface area (Å²) < 4.78 is 5.83. The Kier molecular flexibility index (Phi) is 6.45. The summed E-state index contributed by atoms with van der Waals surface area (Å²) in [5.41, 5.74) is 2.94. The molecule has 2 heterocycles. The topological polar surface area (TPSA) is 91.0 Å². The standard InChI is InChI=1S/C23H25ClN4O4/c1-2-23(17-6-4-3-5-7-17)21(30)28(22(31)25-23)26-20(29)15-27-12-13-32-19(14-27)16-8-10-18(24)11-9-16/h3-11,19H,2,12-15H2,1H3,(H,25,31)(H,26,29). The zero-order valence-electron chi connectivity index (χ0n) is 17.7. The minimum absolute atomic E-state index is 0.0367. The molecule has 0 bridgehead atoms. The van der Waals surface area contributed by atoms with E-state index in [1.165, 1.54) is 0 Å². The summed E-state index contributed by atoms with van der Waals surface area (Å²) in [5.74, 6) is -0.934. The summed E-state index contributed by atoms with van der Waals surface area (Å²) in [6, 6.07) is 15.8. The molecule has 2 aromatic carbocycles. The monoisotopic (exact) mass is 456 g/mol. The van der Waals surface area contributed by atoms with E-state index in [9.17, 15) is 14.4 Å². The van der Waals surface area contributed by atoms with E-state index in [4.69, 9.17) is 16.3 Å². The molecule has 2 aliphatic heterocycles. The molecule has 2 aliphatic rings. The summed E-state index contributed by atoms with van der Waals surface area (Å²) in [6.45, 7) is 3.41. The Labute approximate surface area is 191 Å². The van der Waals surface area contributed by atoms with Crippen LogP contribution in [0.4, 0.5) is 4.79 Å². The number of urea groups is 1. The van der Waals surface area contributed by atoms with Gasteiger partial charge in [0.1, 0.15) is 5.54 Å². The maximum atomic E-state index is 13.1. The zero-order chi connectivity index (χ0) is 22.7. The molecule has 8 nitrogen and oxygen atoms in total. The number of nitrogens with one attached hydrogen (secondary N) is 2. The van der Waals surface area contributed by atoms with Crippen molar-refractivity contribution < 1.29 is 19.1 Å². The third-order valence-corrected chi connectivity index (χ3v) is 6.14. The molecule has 9 heteroatoms. The van der Waals surface area contributed by atoms with Crippen molar-refractivity contribution >= 4 is 29.4 Å². The van der Waals surface area contributed by atoms with Crippen LogP contribution in [0.15, 0.2) is 54.6 Å². The number of hydrazine groups is 1. The van der Waals surface area contributed by atoms with Gasteiger partial charge in [0.25, 0.3) is 11.8 Å². The van der Waals surface area contributed by atoms with Gasteiger partial charge < -0.3 is 10.1 Å². The van der Waals surface area contributed by atoms with Crippen LogP contribution in [0, 0.1) is 0 Å². The summed E-state index contributed by atoms with van der Waals surface area (Å²) in [6.07, 6.45) is 0.177. The van der Waals surface area contributed by atoms with Crippen molar-refractivity contribution in [3.63, 3.8) is 0 Å². The molecule has 0 aliphatic carbocycles. The van der Waals surface area contributed by atoms with Crippen LogP contribution in [0.1, 0.15) is 30.6 Å². The fourth-order valence-corrected chi connectivity index (χ4v) is 4.25. The maximum absolute atomic E-state index is 13.1. The molecule has 4 rings (SSSR count). The van der Waals surface area contributed by atoms with E-state index in [2.05, 4.69) is 10.7 Å². The largest absolute Gasteiger partial charge is 0.371 e. The SMILES string of the molecule is CCC1(c2ccccc2)NC(=O)N(NC(=O)CN2CCOC(c3ccc(Cl)cc3)C2)C1=O. The van der Waals surface area contributed by atoms with Crippen molar-refractivity contribution in [2.24, 2.45) is 0 Å². The second-order valence-corrected chi connectivity index (χ2v) is 8.31. The van der Waals surface area contributed by atoms with Crippen LogP contribution in [-0.4, -0.2) is 54.0 Å². The Balaban J connectivity index is 1.40. The highest BCUT2D eigenvalue weighted by Gasteiger charge is 2.52. The van der Waals surface area contributed by atoms with Gasteiger partial charge in [-0.25, -0.2) is 4.79 Å². The number of benzene rings is 2. The minimum Gasteiger partial charge on any atom is -0.371 e. The number of ether oxygens (including phenoxy) is 1. The van der Waals surface area contributed by atoms with Gasteiger partial charge in [-0.2, -0.15) is 5.01 Å². The number of nitrogens with zero attached hydrogens (tertiary/aromatic N) is 2. The van der Waals surface area contributed by atoms with E-state index in [-0.39, 0.29) is 12.6 Å². The molecule has 2 aromatic rings. The third kappa shape index (κ3) is 4.34. The van der Waals surface area contributed by atoms with E-state index in [1.54, 1.807) is 24.3 Å². The van der Waals surface area contributed by atoms with Gasteiger partial charge in [-0.05, 0) is 29.7 Å². The first-order valence-corrected chi connectivity index (χ1v) is 10.9. The number of halogens is 1. The van der Waals surface area contributed by atoms with E-state index >= 15 is 0 Å². The van der Waals surface area contributed by atoms with Gasteiger partial charge in [-0.1, -0.05) is 61.0 Å². The Morgan fingerprint density at radius 1 is 1.19 bits per heavy atom. The number of hydrogen-bond donors (Lipinski definition) is 2. The lowest BCUT2D eigenvalue weighted by Gasteiger charge is -2.33. The van der Waals surface area contributed by atoms with Gasteiger partial charge in [-0.3, -0.25) is 19.9 Å². The Bertz CT molecular complexity index is 1000. The quantitative estimate of drug-likeness (QED) is 0.652. The van der Waals surface area contributed by atoms with E-state index in [0.717, 1.165) is 10.6 Å². The predicted molar refractivity (Wildman–Crippen MR) is 119 cm³/mol. The number of rotatable bonds is 6. The molecule has 2 fully saturated rings. The number of imide groups is 1. The van der Waals surface area contributed by atoms with Gasteiger partial charge in [0.15, 0.2) is 0 Å². The molecule has 2 atom stereocenters. The minimum atomic E-state index is -1.19. The van der Waals surface area contributed by atoms with Crippen molar-refractivity contribution in [2.75, 3.05) is 26.2 Å². The third-order valence-electron chi connectivity index (χ3n) is 5.88. The molecule has 2 N–H and O–H groups in total. The number of amides is 4. The highest BCUT2D eigenvalue weighted by molar-refractivity contribution is 6.30. The van der Waals surface area contributed by atoms with Gasteiger partial charge in [-0.15, -0.1) is 0 Å². The number of carbonyl (C=O) groups is 3. The number of morpholine rings is 1. The van der Waals surface area contributed by atoms with Crippen molar-refractivity contribution in [1.29, 1.82) is 0 Å². The fourth-order valence-electron chi connectivity index (χ4n) is 4.13. The number of carbonyl (C=O) groups excluding carboxylic acids is 3. The predicted octanol–water partition coefficient (Wildman–Crippen LogP) is 2.60. The average molecular weight is 457 g/mol. The molecular formula is C23H25ClN4O4. The van der Waals surface area contributed by atoms with Gasteiger partial charge >= 0.3 is 6.03 Å². The molecule has 0 saturated carbocycles. The zero-order valence-corrected chi connectivity index (χ0v) is 18.5. The average Bonchev–Trinajstić information content (AvgIpc) is 3.05. The van der Waals surface area contributed by atoms with Crippen LogP contribution in [0.5, 0.6) is 0 Å². The van der Waals surface area contributed by atoms with Crippen molar-refractivity contribution in [2.45, 2.75) is 25.0 Å². The molecule has 2 saturated heterocycles. The van der Waals surface area contributed by atoms with Crippen molar-refractivity contribution in [3.8, 4) is 0 Å². The Hall–Kier alpha value is -2.94. The van der Waals surface area contributed by atoms with Gasteiger partial charge in [0.05, 0.1) is 19.3 Å². The van der Waals surface area contributed by atoms with Crippen molar-refractivity contribution in [3.05, 3.63) is 70.7 Å². The highest BCUT2D eigenvalue weighted by atomic mass is 35.5. The summed E-state index contributed by atoms with van der Waals surface area (Å²) in [5, 5.41) is 4.19. The summed E-state index contributed by atoms with van der Waals surface area (Å²) >= 11 is 5.95. The van der Waals surface area contributed by atoms with Crippen LogP contribution in [0.3, 0.4) is 0 Å². The summed E-state index contributed by atoms with van der Waals surface area (Å²) in [7, 11) is 0. The maximum Gasteiger partial charge on any atom is 0.344 e. The molecule has 0 spiro atoms. The molecule has 4 amide bonds. The Morgan fingerprint density at radius 2 is 1.91 bits per heavy atom. The lowest BCUT2D eigenvalue weighted by Crippen LogP contribution is -2.52. The normalized spacial score (nSPS) is 23.8. The first-order valence-electron chi connectivity index (χ1n) is 10.5. The van der Waals surface area contributed by atoms with E-state index in [1.807, 2.05) is 42.2 Å². The highest BCUT2D eigenvalue weighted by Crippen LogP contribution is 2.31. The van der Waals surface area contributed by atoms with Crippen LogP contribution in [0.2, 0.25) is 5.02 Å². The molecule has 0 radical (unpaired) electrons. The summed E-state index contributed by atoms with van der Waals surface area (Å²) in [4.78, 5) is 40.3. The second kappa shape index (κ2) is 9.28. The molecule has 2 unspecified atom stereocenters. The first-order chi connectivity index (χ1) is 15.4.